The Morgan fingerprint density at radius 2 is 2.22 bits per heavy atom. The Bertz CT molecular complexity index is 654. The average molecular weight is 263 g/mol. The SMILES string of the molecule is Cc1cc(C(=O)O)cc(Sc2nccc(=O)[nH]2)n1. The lowest BCUT2D eigenvalue weighted by Crippen LogP contribution is -2.05. The van der Waals surface area contributed by atoms with E-state index in [-0.39, 0.29) is 11.1 Å². The molecule has 0 saturated carbocycles. The number of aromatic carboxylic acids is 1. The first-order valence-electron chi connectivity index (χ1n) is 5.00. The number of pyridine rings is 1. The minimum absolute atomic E-state index is 0.156. The fourth-order valence-electron chi connectivity index (χ4n) is 1.32. The summed E-state index contributed by atoms with van der Waals surface area (Å²) in [4.78, 5) is 32.7. The minimum atomic E-state index is -1.02. The largest absolute Gasteiger partial charge is 0.478 e. The summed E-state index contributed by atoms with van der Waals surface area (Å²) in [5.41, 5.74) is 0.484. The van der Waals surface area contributed by atoms with E-state index in [9.17, 15) is 9.59 Å². The predicted molar refractivity (Wildman–Crippen MR) is 64.9 cm³/mol. The van der Waals surface area contributed by atoms with E-state index < -0.39 is 5.97 Å². The zero-order chi connectivity index (χ0) is 13.1. The van der Waals surface area contributed by atoms with Gasteiger partial charge in [0.25, 0.3) is 5.56 Å². The van der Waals surface area contributed by atoms with Gasteiger partial charge in [0.15, 0.2) is 5.16 Å². The Labute approximate surface area is 106 Å². The summed E-state index contributed by atoms with van der Waals surface area (Å²) < 4.78 is 0. The van der Waals surface area contributed by atoms with Crippen LogP contribution in [0.3, 0.4) is 0 Å². The van der Waals surface area contributed by atoms with Crippen LogP contribution < -0.4 is 5.56 Å². The second kappa shape index (κ2) is 5.01. The zero-order valence-electron chi connectivity index (χ0n) is 9.38. The molecule has 0 bridgehead atoms. The molecule has 2 rings (SSSR count). The lowest BCUT2D eigenvalue weighted by Gasteiger charge is -2.03. The van der Waals surface area contributed by atoms with Crippen LogP contribution in [0.2, 0.25) is 0 Å². The maximum absolute atomic E-state index is 11.1. The fraction of sp³-hybridized carbons (Fsp3) is 0.0909. The van der Waals surface area contributed by atoms with Crippen molar-refractivity contribution < 1.29 is 9.90 Å². The zero-order valence-corrected chi connectivity index (χ0v) is 10.2. The molecule has 0 aliphatic carbocycles. The Morgan fingerprint density at radius 3 is 2.89 bits per heavy atom. The molecule has 0 aliphatic rings. The number of aryl methyl sites for hydroxylation is 1. The van der Waals surface area contributed by atoms with Crippen molar-refractivity contribution in [2.45, 2.75) is 17.1 Å². The van der Waals surface area contributed by atoms with Crippen LogP contribution in [0.1, 0.15) is 16.1 Å². The van der Waals surface area contributed by atoms with E-state index in [1.54, 1.807) is 6.92 Å². The second-order valence-electron chi connectivity index (χ2n) is 3.48. The van der Waals surface area contributed by atoms with Crippen LogP contribution in [0.4, 0.5) is 0 Å². The van der Waals surface area contributed by atoms with Crippen molar-refractivity contribution in [1.82, 2.24) is 15.0 Å². The van der Waals surface area contributed by atoms with Gasteiger partial charge in [-0.05, 0) is 30.8 Å². The lowest BCUT2D eigenvalue weighted by molar-refractivity contribution is 0.0696. The molecule has 2 aromatic rings. The third kappa shape index (κ3) is 2.95. The van der Waals surface area contributed by atoms with Gasteiger partial charge in [0.1, 0.15) is 5.03 Å². The number of hydrogen-bond acceptors (Lipinski definition) is 5. The molecular formula is C11H9N3O3S. The Kier molecular flexibility index (Phi) is 3.42. The Hall–Kier alpha value is -2.15. The number of aromatic amines is 1. The first-order chi connectivity index (χ1) is 8.54. The van der Waals surface area contributed by atoms with Crippen LogP contribution in [0.15, 0.2) is 39.4 Å². The molecule has 7 heteroatoms. The molecule has 2 heterocycles. The quantitative estimate of drug-likeness (QED) is 0.811. The van der Waals surface area contributed by atoms with Crippen LogP contribution in [-0.4, -0.2) is 26.0 Å². The number of rotatable bonds is 3. The average Bonchev–Trinajstić information content (AvgIpc) is 2.28. The minimum Gasteiger partial charge on any atom is -0.478 e. The highest BCUT2D eigenvalue weighted by atomic mass is 32.2. The van der Waals surface area contributed by atoms with Crippen molar-refractivity contribution in [3.8, 4) is 0 Å². The Balaban J connectivity index is 2.34. The van der Waals surface area contributed by atoms with Crippen molar-refractivity contribution in [2.24, 2.45) is 0 Å². The summed E-state index contributed by atoms with van der Waals surface area (Å²) in [6.07, 6.45) is 1.38. The maximum Gasteiger partial charge on any atom is 0.335 e. The summed E-state index contributed by atoms with van der Waals surface area (Å²) >= 11 is 1.11. The molecule has 6 nitrogen and oxygen atoms in total. The molecule has 0 aromatic carbocycles. The molecule has 0 amide bonds. The summed E-state index contributed by atoms with van der Waals surface area (Å²) in [6.45, 7) is 1.71. The number of nitrogens with zero attached hydrogens (tertiary/aromatic N) is 2. The van der Waals surface area contributed by atoms with Gasteiger partial charge in [-0.15, -0.1) is 0 Å². The molecular weight excluding hydrogens is 254 g/mol. The molecule has 0 fully saturated rings. The number of carboxylic acids is 1. The van der Waals surface area contributed by atoms with E-state index in [1.807, 2.05) is 0 Å². The van der Waals surface area contributed by atoms with Gasteiger partial charge in [-0.3, -0.25) is 4.79 Å². The normalized spacial score (nSPS) is 10.3. The van der Waals surface area contributed by atoms with Gasteiger partial charge in [0.2, 0.25) is 0 Å². The standard InChI is InChI=1S/C11H9N3O3S/c1-6-4-7(10(16)17)5-9(13-6)18-11-12-3-2-8(15)14-11/h2-5H,1H3,(H,16,17)(H,12,14,15). The highest BCUT2D eigenvalue weighted by Crippen LogP contribution is 2.22. The van der Waals surface area contributed by atoms with Crippen molar-refractivity contribution >= 4 is 17.7 Å². The molecule has 0 spiro atoms. The van der Waals surface area contributed by atoms with Gasteiger partial charge in [-0.25, -0.2) is 14.8 Å². The molecule has 2 aromatic heterocycles. The molecule has 0 radical (unpaired) electrons. The van der Waals surface area contributed by atoms with Crippen LogP contribution >= 0.6 is 11.8 Å². The number of nitrogens with one attached hydrogen (secondary N) is 1. The smallest absolute Gasteiger partial charge is 0.335 e. The van der Waals surface area contributed by atoms with Crippen molar-refractivity contribution in [2.75, 3.05) is 0 Å². The van der Waals surface area contributed by atoms with E-state index in [0.29, 0.717) is 15.9 Å². The highest BCUT2D eigenvalue weighted by Gasteiger charge is 2.08. The third-order valence-corrected chi connectivity index (χ3v) is 2.85. The summed E-state index contributed by atoms with van der Waals surface area (Å²) in [5.74, 6) is -1.02. The van der Waals surface area contributed by atoms with Crippen LogP contribution in [0, 0.1) is 6.92 Å². The van der Waals surface area contributed by atoms with Crippen molar-refractivity contribution in [3.63, 3.8) is 0 Å². The van der Waals surface area contributed by atoms with Crippen molar-refractivity contribution in [3.05, 3.63) is 46.0 Å². The van der Waals surface area contributed by atoms with Crippen LogP contribution in [0.25, 0.3) is 0 Å². The molecule has 0 unspecified atom stereocenters. The summed E-state index contributed by atoms with van der Waals surface area (Å²) in [5, 5.41) is 9.78. The van der Waals surface area contributed by atoms with Crippen molar-refractivity contribution in [1.29, 1.82) is 0 Å². The van der Waals surface area contributed by atoms with Gasteiger partial charge < -0.3 is 10.1 Å². The van der Waals surface area contributed by atoms with Crippen LogP contribution in [-0.2, 0) is 0 Å². The van der Waals surface area contributed by atoms with E-state index in [0.717, 1.165) is 11.8 Å². The first kappa shape index (κ1) is 12.3. The highest BCUT2D eigenvalue weighted by molar-refractivity contribution is 7.99. The van der Waals surface area contributed by atoms with E-state index >= 15 is 0 Å². The molecule has 0 atom stereocenters. The maximum atomic E-state index is 11.1. The number of aromatic nitrogens is 3. The van der Waals surface area contributed by atoms with Gasteiger partial charge in [-0.1, -0.05) is 0 Å². The molecule has 92 valence electrons. The third-order valence-electron chi connectivity index (χ3n) is 2.03. The lowest BCUT2D eigenvalue weighted by atomic mass is 10.2. The number of carbonyl (C=O) groups is 1. The Morgan fingerprint density at radius 1 is 1.44 bits per heavy atom. The van der Waals surface area contributed by atoms with Gasteiger partial charge in [0, 0.05) is 18.0 Å². The topological polar surface area (TPSA) is 95.9 Å². The van der Waals surface area contributed by atoms with E-state index in [1.165, 1.54) is 24.4 Å². The van der Waals surface area contributed by atoms with E-state index in [2.05, 4.69) is 15.0 Å². The van der Waals surface area contributed by atoms with Crippen LogP contribution in [0.5, 0.6) is 0 Å². The van der Waals surface area contributed by atoms with Gasteiger partial charge in [0.05, 0.1) is 5.56 Å². The van der Waals surface area contributed by atoms with Gasteiger partial charge >= 0.3 is 5.97 Å². The predicted octanol–water partition coefficient (Wildman–Crippen LogP) is 1.32. The number of hydrogen-bond donors (Lipinski definition) is 2. The number of carboxylic acid groups (broad SMARTS) is 1. The molecule has 18 heavy (non-hydrogen) atoms. The fourth-order valence-corrected chi connectivity index (χ4v) is 2.16. The number of H-pyrrole nitrogens is 1. The molecule has 0 saturated heterocycles. The summed E-state index contributed by atoms with van der Waals surface area (Å²) in [7, 11) is 0. The van der Waals surface area contributed by atoms with Gasteiger partial charge in [-0.2, -0.15) is 0 Å². The first-order valence-corrected chi connectivity index (χ1v) is 5.81. The monoisotopic (exact) mass is 263 g/mol. The molecule has 2 N–H and O–H groups in total. The van der Waals surface area contributed by atoms with E-state index in [4.69, 9.17) is 5.11 Å². The second-order valence-corrected chi connectivity index (χ2v) is 4.49. The molecule has 0 aliphatic heterocycles. The summed E-state index contributed by atoms with van der Waals surface area (Å²) in [6, 6.07) is 4.22.